The molecular formula is C11H6Cl3N3O. The lowest BCUT2D eigenvalue weighted by Gasteiger charge is -2.05. The summed E-state index contributed by atoms with van der Waals surface area (Å²) in [6.45, 7) is 0. The largest absolute Gasteiger partial charge is 0.290 e. The molecule has 0 unspecified atom stereocenters. The number of nitrogens with one attached hydrogen (secondary N) is 1. The van der Waals surface area contributed by atoms with Gasteiger partial charge in [-0.25, -0.2) is 9.97 Å². The van der Waals surface area contributed by atoms with E-state index in [0.29, 0.717) is 10.0 Å². The molecule has 2 aromatic rings. The van der Waals surface area contributed by atoms with Crippen molar-refractivity contribution in [2.24, 2.45) is 0 Å². The highest BCUT2D eigenvalue weighted by atomic mass is 35.5. The highest BCUT2D eigenvalue weighted by Gasteiger charge is 2.12. The summed E-state index contributed by atoms with van der Waals surface area (Å²) < 4.78 is 0. The normalized spacial score (nSPS) is 10.2. The molecule has 0 radical (unpaired) electrons. The fourth-order valence-corrected chi connectivity index (χ4v) is 1.75. The smallest absolute Gasteiger partial charge is 0.259 e. The van der Waals surface area contributed by atoms with Gasteiger partial charge in [-0.3, -0.25) is 10.1 Å². The standard InChI is InChI=1S/C11H6Cl3N3O/c12-6-1-2-8(13)7(5-6)10(18)17-11-15-4-3-9(14)16-11/h1-5H,(H,15,16,17,18). The van der Waals surface area contributed by atoms with Crippen molar-refractivity contribution in [1.29, 1.82) is 0 Å². The van der Waals surface area contributed by atoms with Crippen LogP contribution >= 0.6 is 34.8 Å². The van der Waals surface area contributed by atoms with Crippen LogP contribution in [0.2, 0.25) is 15.2 Å². The van der Waals surface area contributed by atoms with E-state index in [-0.39, 0.29) is 16.7 Å². The zero-order valence-electron chi connectivity index (χ0n) is 8.82. The Hall–Kier alpha value is -1.36. The van der Waals surface area contributed by atoms with Gasteiger partial charge in [-0.2, -0.15) is 0 Å². The number of carbonyl (C=O) groups excluding carboxylic acids is 1. The van der Waals surface area contributed by atoms with E-state index in [4.69, 9.17) is 34.8 Å². The van der Waals surface area contributed by atoms with Crippen molar-refractivity contribution >= 4 is 46.7 Å². The average molecular weight is 303 g/mol. The highest BCUT2D eigenvalue weighted by molar-refractivity contribution is 6.36. The number of hydrogen-bond acceptors (Lipinski definition) is 3. The van der Waals surface area contributed by atoms with E-state index in [0.717, 1.165) is 0 Å². The minimum Gasteiger partial charge on any atom is -0.290 e. The summed E-state index contributed by atoms with van der Waals surface area (Å²) in [6, 6.07) is 6.10. The van der Waals surface area contributed by atoms with E-state index in [1.165, 1.54) is 24.4 Å². The van der Waals surface area contributed by atoms with Crippen LogP contribution in [0.25, 0.3) is 0 Å². The van der Waals surface area contributed by atoms with Crippen molar-refractivity contribution in [3.05, 3.63) is 51.2 Å². The fourth-order valence-electron chi connectivity index (χ4n) is 1.24. The molecule has 0 aliphatic heterocycles. The molecule has 1 aromatic heterocycles. The predicted molar refractivity (Wildman–Crippen MR) is 71.5 cm³/mol. The maximum atomic E-state index is 11.9. The van der Waals surface area contributed by atoms with E-state index < -0.39 is 5.91 Å². The molecule has 4 nitrogen and oxygen atoms in total. The van der Waals surface area contributed by atoms with E-state index >= 15 is 0 Å². The summed E-state index contributed by atoms with van der Waals surface area (Å²) in [5, 5.41) is 3.42. The molecule has 1 N–H and O–H groups in total. The van der Waals surface area contributed by atoms with Crippen LogP contribution in [0.4, 0.5) is 5.95 Å². The van der Waals surface area contributed by atoms with E-state index in [1.807, 2.05) is 0 Å². The van der Waals surface area contributed by atoms with Crippen LogP contribution in [-0.4, -0.2) is 15.9 Å². The first-order valence-corrected chi connectivity index (χ1v) is 5.94. The zero-order chi connectivity index (χ0) is 13.1. The van der Waals surface area contributed by atoms with Gasteiger partial charge in [0.15, 0.2) is 0 Å². The molecule has 1 heterocycles. The topological polar surface area (TPSA) is 54.9 Å². The minimum absolute atomic E-state index is 0.101. The monoisotopic (exact) mass is 301 g/mol. The number of halogens is 3. The molecule has 2 rings (SSSR count). The van der Waals surface area contributed by atoms with Gasteiger partial charge in [-0.05, 0) is 24.3 Å². The van der Waals surface area contributed by atoms with Crippen molar-refractivity contribution in [3.63, 3.8) is 0 Å². The van der Waals surface area contributed by atoms with Crippen molar-refractivity contribution in [3.8, 4) is 0 Å². The Morgan fingerprint density at radius 3 is 2.67 bits per heavy atom. The van der Waals surface area contributed by atoms with E-state index in [1.54, 1.807) is 6.07 Å². The molecule has 18 heavy (non-hydrogen) atoms. The summed E-state index contributed by atoms with van der Waals surface area (Å²) in [4.78, 5) is 19.6. The number of rotatable bonds is 2. The number of amides is 1. The van der Waals surface area contributed by atoms with Gasteiger partial charge in [0.1, 0.15) is 5.15 Å². The molecule has 0 saturated carbocycles. The van der Waals surface area contributed by atoms with Gasteiger partial charge in [-0.1, -0.05) is 34.8 Å². The van der Waals surface area contributed by atoms with Crippen LogP contribution in [0.3, 0.4) is 0 Å². The van der Waals surface area contributed by atoms with Crippen LogP contribution in [-0.2, 0) is 0 Å². The first kappa shape index (κ1) is 13.1. The first-order valence-electron chi connectivity index (χ1n) is 4.81. The maximum absolute atomic E-state index is 11.9. The van der Waals surface area contributed by atoms with Crippen molar-refractivity contribution in [1.82, 2.24) is 9.97 Å². The zero-order valence-corrected chi connectivity index (χ0v) is 11.1. The van der Waals surface area contributed by atoms with Gasteiger partial charge in [-0.15, -0.1) is 0 Å². The highest BCUT2D eigenvalue weighted by Crippen LogP contribution is 2.21. The molecule has 0 aliphatic rings. The summed E-state index contributed by atoms with van der Waals surface area (Å²) in [5.41, 5.74) is 0.243. The minimum atomic E-state index is -0.454. The number of anilines is 1. The molecule has 0 aliphatic carbocycles. The van der Waals surface area contributed by atoms with Gasteiger partial charge in [0, 0.05) is 11.2 Å². The number of benzene rings is 1. The molecule has 0 saturated heterocycles. The average Bonchev–Trinajstić information content (AvgIpc) is 2.32. The number of aromatic nitrogens is 2. The van der Waals surface area contributed by atoms with Gasteiger partial charge >= 0.3 is 0 Å². The van der Waals surface area contributed by atoms with E-state index in [9.17, 15) is 4.79 Å². The number of hydrogen-bond donors (Lipinski definition) is 1. The Kier molecular flexibility index (Phi) is 4.01. The van der Waals surface area contributed by atoms with Crippen molar-refractivity contribution in [2.75, 3.05) is 5.32 Å². The third kappa shape index (κ3) is 3.10. The van der Waals surface area contributed by atoms with Crippen molar-refractivity contribution in [2.45, 2.75) is 0 Å². The summed E-state index contributed by atoms with van der Waals surface area (Å²) in [7, 11) is 0. The van der Waals surface area contributed by atoms with Crippen LogP contribution in [0, 0.1) is 0 Å². The van der Waals surface area contributed by atoms with Gasteiger partial charge in [0.25, 0.3) is 5.91 Å². The molecule has 0 bridgehead atoms. The predicted octanol–water partition coefficient (Wildman–Crippen LogP) is 3.69. The SMILES string of the molecule is O=C(Nc1nccc(Cl)n1)c1cc(Cl)ccc1Cl. The molecule has 7 heteroatoms. The summed E-state index contributed by atoms with van der Waals surface area (Å²) >= 11 is 17.4. The fraction of sp³-hybridized carbons (Fsp3) is 0. The quantitative estimate of drug-likeness (QED) is 0.861. The Morgan fingerprint density at radius 1 is 1.17 bits per heavy atom. The Bertz CT molecular complexity index is 604. The second-order valence-corrected chi connectivity index (χ2v) is 4.51. The molecule has 0 spiro atoms. The third-order valence-electron chi connectivity index (χ3n) is 2.02. The second kappa shape index (κ2) is 5.52. The van der Waals surface area contributed by atoms with Gasteiger partial charge in [0.05, 0.1) is 10.6 Å². The summed E-state index contributed by atoms with van der Waals surface area (Å²) in [6.07, 6.45) is 1.44. The molecule has 1 amide bonds. The number of nitrogens with zero attached hydrogens (tertiary/aromatic N) is 2. The van der Waals surface area contributed by atoms with Crippen molar-refractivity contribution < 1.29 is 4.79 Å². The molecular weight excluding hydrogens is 296 g/mol. The first-order chi connectivity index (χ1) is 8.56. The van der Waals surface area contributed by atoms with Crippen LogP contribution in [0.5, 0.6) is 0 Å². The maximum Gasteiger partial charge on any atom is 0.259 e. The lowest BCUT2D eigenvalue weighted by atomic mass is 10.2. The lowest BCUT2D eigenvalue weighted by Crippen LogP contribution is -2.14. The van der Waals surface area contributed by atoms with Gasteiger partial charge in [0.2, 0.25) is 5.95 Å². The molecule has 1 aromatic carbocycles. The van der Waals surface area contributed by atoms with E-state index in [2.05, 4.69) is 15.3 Å². The molecule has 0 atom stereocenters. The Labute approximate surface area is 118 Å². The molecule has 0 fully saturated rings. The van der Waals surface area contributed by atoms with Crippen LogP contribution in [0.1, 0.15) is 10.4 Å². The summed E-state index contributed by atoms with van der Waals surface area (Å²) in [5.74, 6) is -0.353. The molecule has 92 valence electrons. The third-order valence-corrected chi connectivity index (χ3v) is 2.80. The Morgan fingerprint density at radius 2 is 1.94 bits per heavy atom. The Balaban J connectivity index is 2.24. The second-order valence-electron chi connectivity index (χ2n) is 3.28. The van der Waals surface area contributed by atoms with Crippen LogP contribution < -0.4 is 5.32 Å². The number of carbonyl (C=O) groups is 1. The van der Waals surface area contributed by atoms with Crippen LogP contribution in [0.15, 0.2) is 30.5 Å². The van der Waals surface area contributed by atoms with Gasteiger partial charge < -0.3 is 0 Å². The lowest BCUT2D eigenvalue weighted by molar-refractivity contribution is 0.102.